The lowest BCUT2D eigenvalue weighted by Gasteiger charge is -2.43. The Morgan fingerprint density at radius 1 is 1.30 bits per heavy atom. The molecule has 0 unspecified atom stereocenters. The minimum absolute atomic E-state index is 0. The Balaban J connectivity index is 0.00000192. The minimum atomic E-state index is 0. The van der Waals surface area contributed by atoms with E-state index in [1.54, 1.807) is 0 Å². The molecule has 0 aromatic heterocycles. The predicted octanol–water partition coefficient (Wildman–Crippen LogP) is 2.66. The van der Waals surface area contributed by atoms with Crippen molar-refractivity contribution in [3.8, 4) is 0 Å². The van der Waals surface area contributed by atoms with Crippen LogP contribution in [-0.4, -0.2) is 43.5 Å². The molecule has 2 N–H and O–H groups in total. The lowest BCUT2D eigenvalue weighted by molar-refractivity contribution is -0.131. The zero-order valence-electron chi connectivity index (χ0n) is 13.3. The van der Waals surface area contributed by atoms with E-state index in [0.717, 1.165) is 50.0 Å². The molecule has 0 spiro atoms. The topological polar surface area (TPSA) is 44.4 Å². The molecule has 1 aliphatic carbocycles. The maximum Gasteiger partial charge on any atom is 0.223 e. The van der Waals surface area contributed by atoms with Gasteiger partial charge in [0.2, 0.25) is 5.91 Å². The molecule has 1 aromatic carbocycles. The van der Waals surface area contributed by atoms with Gasteiger partial charge in [0.05, 0.1) is 0 Å². The summed E-state index contributed by atoms with van der Waals surface area (Å²) in [5.41, 5.74) is 1.41. The number of halogens is 2. The van der Waals surface area contributed by atoms with E-state index in [2.05, 4.69) is 50.8 Å². The van der Waals surface area contributed by atoms with Crippen LogP contribution in [-0.2, 0) is 10.3 Å². The molecule has 1 saturated carbocycles. The van der Waals surface area contributed by atoms with Crippen molar-refractivity contribution < 1.29 is 4.79 Å². The average molecular weight is 403 g/mol. The maximum atomic E-state index is 12.2. The van der Waals surface area contributed by atoms with Crippen molar-refractivity contribution in [1.82, 2.24) is 15.5 Å². The third-order valence-electron chi connectivity index (χ3n) is 4.86. The summed E-state index contributed by atoms with van der Waals surface area (Å²) in [6.07, 6.45) is 4.16. The van der Waals surface area contributed by atoms with E-state index >= 15 is 0 Å². The van der Waals surface area contributed by atoms with Crippen molar-refractivity contribution in [2.45, 2.75) is 31.2 Å². The summed E-state index contributed by atoms with van der Waals surface area (Å²) >= 11 is 3.56. The van der Waals surface area contributed by atoms with Gasteiger partial charge in [-0.15, -0.1) is 12.4 Å². The van der Waals surface area contributed by atoms with Gasteiger partial charge < -0.3 is 15.5 Å². The van der Waals surface area contributed by atoms with Gasteiger partial charge in [-0.25, -0.2) is 0 Å². The highest BCUT2D eigenvalue weighted by atomic mass is 79.9. The molecule has 3 rings (SSSR count). The summed E-state index contributed by atoms with van der Waals surface area (Å²) in [5, 5.41) is 6.94. The normalized spacial score (nSPS) is 19.6. The van der Waals surface area contributed by atoms with Gasteiger partial charge in [-0.2, -0.15) is 0 Å². The molecule has 1 aliphatic heterocycles. The standard InChI is InChI=1S/C17H24BrN3O.ClH/c18-15-4-1-3-14(13-15)17(6-2-7-17)20-8-5-16(22)21-11-9-19-10-12-21;/h1,3-4,13,19-20H,2,5-12H2;1H. The fourth-order valence-electron chi connectivity index (χ4n) is 3.37. The van der Waals surface area contributed by atoms with Crippen LogP contribution in [0.3, 0.4) is 0 Å². The van der Waals surface area contributed by atoms with Gasteiger partial charge in [0.15, 0.2) is 0 Å². The summed E-state index contributed by atoms with van der Waals surface area (Å²) in [4.78, 5) is 14.2. The average Bonchev–Trinajstić information content (AvgIpc) is 2.50. The van der Waals surface area contributed by atoms with Gasteiger partial charge in [-0.1, -0.05) is 28.1 Å². The lowest BCUT2D eigenvalue weighted by Crippen LogP contribution is -2.50. The SMILES string of the molecule is Cl.O=C(CCNC1(c2cccc(Br)c2)CCC1)N1CCNCC1. The molecule has 0 radical (unpaired) electrons. The van der Waals surface area contributed by atoms with Crippen molar-refractivity contribution in [2.24, 2.45) is 0 Å². The molecular weight excluding hydrogens is 378 g/mol. The van der Waals surface area contributed by atoms with Crippen LogP contribution in [0.25, 0.3) is 0 Å². The van der Waals surface area contributed by atoms with Gasteiger partial charge >= 0.3 is 0 Å². The van der Waals surface area contributed by atoms with Crippen molar-refractivity contribution >= 4 is 34.2 Å². The fourth-order valence-corrected chi connectivity index (χ4v) is 3.76. The first-order valence-corrected chi connectivity index (χ1v) is 8.98. The number of nitrogens with one attached hydrogen (secondary N) is 2. The summed E-state index contributed by atoms with van der Waals surface area (Å²) < 4.78 is 1.12. The van der Waals surface area contributed by atoms with Crippen molar-refractivity contribution in [3.05, 3.63) is 34.3 Å². The Labute approximate surface area is 152 Å². The molecule has 128 valence electrons. The second-order valence-electron chi connectivity index (χ2n) is 6.25. The van der Waals surface area contributed by atoms with Crippen molar-refractivity contribution in [3.63, 3.8) is 0 Å². The molecule has 4 nitrogen and oxygen atoms in total. The van der Waals surface area contributed by atoms with E-state index < -0.39 is 0 Å². The highest BCUT2D eigenvalue weighted by Crippen LogP contribution is 2.41. The van der Waals surface area contributed by atoms with E-state index in [9.17, 15) is 4.79 Å². The molecule has 2 aliphatic rings. The maximum absolute atomic E-state index is 12.2. The van der Waals surface area contributed by atoms with E-state index in [0.29, 0.717) is 6.42 Å². The highest BCUT2D eigenvalue weighted by Gasteiger charge is 2.38. The summed E-state index contributed by atoms with van der Waals surface area (Å²) in [6.45, 7) is 4.28. The molecule has 1 aromatic rings. The van der Waals surface area contributed by atoms with Gasteiger partial charge in [-0.3, -0.25) is 4.79 Å². The van der Waals surface area contributed by atoms with E-state index in [1.165, 1.54) is 12.0 Å². The van der Waals surface area contributed by atoms with Gasteiger partial charge in [0.1, 0.15) is 0 Å². The van der Waals surface area contributed by atoms with E-state index in [-0.39, 0.29) is 23.9 Å². The number of piperazine rings is 1. The zero-order valence-corrected chi connectivity index (χ0v) is 15.7. The second kappa shape index (κ2) is 8.47. The first kappa shape index (κ1) is 18.7. The Hall–Kier alpha value is -0.620. The molecule has 6 heteroatoms. The Morgan fingerprint density at radius 3 is 2.65 bits per heavy atom. The third kappa shape index (κ3) is 4.47. The van der Waals surface area contributed by atoms with Crippen LogP contribution in [0.4, 0.5) is 0 Å². The largest absolute Gasteiger partial charge is 0.340 e. The first-order chi connectivity index (χ1) is 10.7. The summed E-state index contributed by atoms with van der Waals surface area (Å²) in [5.74, 6) is 0.276. The Kier molecular flexibility index (Phi) is 6.89. The molecule has 0 atom stereocenters. The molecule has 23 heavy (non-hydrogen) atoms. The van der Waals surface area contributed by atoms with E-state index in [4.69, 9.17) is 0 Å². The van der Waals surface area contributed by atoms with Crippen LogP contribution in [0.2, 0.25) is 0 Å². The molecule has 2 fully saturated rings. The Bertz CT molecular complexity index is 530. The first-order valence-electron chi connectivity index (χ1n) is 8.19. The Morgan fingerprint density at radius 2 is 2.04 bits per heavy atom. The smallest absolute Gasteiger partial charge is 0.223 e. The van der Waals surface area contributed by atoms with Gasteiger partial charge in [0, 0.05) is 49.2 Å². The minimum Gasteiger partial charge on any atom is -0.340 e. The monoisotopic (exact) mass is 401 g/mol. The van der Waals surface area contributed by atoms with Crippen molar-refractivity contribution in [2.75, 3.05) is 32.7 Å². The van der Waals surface area contributed by atoms with Crippen LogP contribution in [0, 0.1) is 0 Å². The number of hydrogen-bond acceptors (Lipinski definition) is 3. The van der Waals surface area contributed by atoms with E-state index in [1.807, 2.05) is 4.90 Å². The second-order valence-corrected chi connectivity index (χ2v) is 7.17. The summed E-state index contributed by atoms with van der Waals surface area (Å²) in [6, 6.07) is 8.54. The van der Waals surface area contributed by atoms with Gasteiger partial charge in [0.25, 0.3) is 0 Å². The number of benzene rings is 1. The number of hydrogen-bond donors (Lipinski definition) is 2. The van der Waals surface area contributed by atoms with Crippen LogP contribution in [0.15, 0.2) is 28.7 Å². The molecule has 0 bridgehead atoms. The number of carbonyl (C=O) groups is 1. The van der Waals surface area contributed by atoms with Crippen LogP contribution < -0.4 is 10.6 Å². The molecule has 1 heterocycles. The number of rotatable bonds is 5. The third-order valence-corrected chi connectivity index (χ3v) is 5.35. The summed E-state index contributed by atoms with van der Waals surface area (Å²) in [7, 11) is 0. The zero-order chi connectivity index (χ0) is 15.4. The predicted molar refractivity (Wildman–Crippen MR) is 99.0 cm³/mol. The molecule has 1 amide bonds. The molecular formula is C17H25BrClN3O. The number of carbonyl (C=O) groups excluding carboxylic acids is 1. The van der Waals surface area contributed by atoms with Crippen molar-refractivity contribution in [1.29, 1.82) is 0 Å². The number of amides is 1. The van der Waals surface area contributed by atoms with Crippen LogP contribution >= 0.6 is 28.3 Å². The molecule has 1 saturated heterocycles. The fraction of sp³-hybridized carbons (Fsp3) is 0.588. The van der Waals surface area contributed by atoms with Crippen LogP contribution in [0.1, 0.15) is 31.2 Å². The quantitative estimate of drug-likeness (QED) is 0.796. The lowest BCUT2D eigenvalue weighted by atomic mass is 9.72. The number of nitrogens with zero attached hydrogens (tertiary/aromatic N) is 1. The van der Waals surface area contributed by atoms with Gasteiger partial charge in [-0.05, 0) is 37.0 Å². The van der Waals surface area contributed by atoms with Crippen LogP contribution in [0.5, 0.6) is 0 Å². The highest BCUT2D eigenvalue weighted by molar-refractivity contribution is 9.10.